The number of halogens is 2. The third-order valence-corrected chi connectivity index (χ3v) is 3.17. The molecule has 0 aliphatic heterocycles. The molecule has 3 heteroatoms. The van der Waals surface area contributed by atoms with Gasteiger partial charge in [0.25, 0.3) is 0 Å². The summed E-state index contributed by atoms with van der Waals surface area (Å²) >= 11 is 0. The second-order valence-electron chi connectivity index (χ2n) is 4.35. The van der Waals surface area contributed by atoms with E-state index in [1.54, 1.807) is 0 Å². The summed E-state index contributed by atoms with van der Waals surface area (Å²) < 4.78 is 26.6. The van der Waals surface area contributed by atoms with E-state index >= 15 is 0 Å². The largest absolute Gasteiger partial charge is 0.310 e. The van der Waals surface area contributed by atoms with Crippen LogP contribution in [-0.4, -0.2) is 6.54 Å². The van der Waals surface area contributed by atoms with Crippen LogP contribution < -0.4 is 5.32 Å². The molecular formula is C13H17F2N. The van der Waals surface area contributed by atoms with Gasteiger partial charge in [0.15, 0.2) is 0 Å². The van der Waals surface area contributed by atoms with Gasteiger partial charge in [-0.15, -0.1) is 0 Å². The van der Waals surface area contributed by atoms with Crippen LogP contribution >= 0.6 is 0 Å². The molecule has 0 fully saturated rings. The zero-order valence-electron chi connectivity index (χ0n) is 9.52. The Morgan fingerprint density at radius 3 is 2.94 bits per heavy atom. The number of rotatable bonds is 4. The maximum absolute atomic E-state index is 13.4. The molecule has 0 amide bonds. The number of benzene rings is 1. The zero-order valence-corrected chi connectivity index (χ0v) is 9.52. The predicted octanol–water partition coefficient (Wildman–Crippen LogP) is 3.34. The van der Waals surface area contributed by atoms with Crippen LogP contribution in [0.2, 0.25) is 0 Å². The summed E-state index contributed by atoms with van der Waals surface area (Å²) in [5.41, 5.74) is 1.50. The molecule has 0 saturated heterocycles. The second-order valence-corrected chi connectivity index (χ2v) is 4.35. The average Bonchev–Trinajstić information content (AvgIpc) is 2.62. The van der Waals surface area contributed by atoms with E-state index in [0.717, 1.165) is 37.4 Å². The van der Waals surface area contributed by atoms with Gasteiger partial charge < -0.3 is 5.32 Å². The number of hydrogen-bond donors (Lipinski definition) is 1. The van der Waals surface area contributed by atoms with Crippen molar-refractivity contribution in [3.05, 3.63) is 34.9 Å². The summed E-state index contributed by atoms with van der Waals surface area (Å²) in [5, 5.41) is 3.36. The van der Waals surface area contributed by atoms with Gasteiger partial charge in [-0.05, 0) is 43.0 Å². The highest BCUT2D eigenvalue weighted by Crippen LogP contribution is 2.33. The van der Waals surface area contributed by atoms with Crippen molar-refractivity contribution in [1.82, 2.24) is 5.32 Å². The fourth-order valence-corrected chi connectivity index (χ4v) is 2.31. The molecule has 0 heterocycles. The van der Waals surface area contributed by atoms with Gasteiger partial charge in [-0.2, -0.15) is 0 Å². The molecule has 0 bridgehead atoms. The summed E-state index contributed by atoms with van der Waals surface area (Å²) in [7, 11) is 0. The van der Waals surface area contributed by atoms with E-state index in [2.05, 4.69) is 12.2 Å². The smallest absolute Gasteiger partial charge is 0.129 e. The van der Waals surface area contributed by atoms with E-state index in [9.17, 15) is 8.78 Å². The molecule has 0 saturated carbocycles. The Balaban J connectivity index is 2.12. The third kappa shape index (κ3) is 2.24. The molecular weight excluding hydrogens is 208 g/mol. The monoisotopic (exact) mass is 225 g/mol. The zero-order chi connectivity index (χ0) is 11.5. The van der Waals surface area contributed by atoms with Gasteiger partial charge in [0, 0.05) is 12.1 Å². The second kappa shape index (κ2) is 4.91. The van der Waals surface area contributed by atoms with Crippen molar-refractivity contribution in [2.75, 3.05) is 6.54 Å². The van der Waals surface area contributed by atoms with Gasteiger partial charge in [-0.25, -0.2) is 8.78 Å². The molecule has 1 atom stereocenters. The fraction of sp³-hybridized carbons (Fsp3) is 0.538. The first-order chi connectivity index (χ1) is 7.72. The topological polar surface area (TPSA) is 12.0 Å². The molecule has 16 heavy (non-hydrogen) atoms. The van der Waals surface area contributed by atoms with E-state index in [0.29, 0.717) is 12.0 Å². The van der Waals surface area contributed by atoms with Gasteiger partial charge in [0.05, 0.1) is 0 Å². The van der Waals surface area contributed by atoms with E-state index in [-0.39, 0.29) is 6.04 Å². The highest BCUT2D eigenvalue weighted by Gasteiger charge is 2.25. The minimum atomic E-state index is -0.472. The number of unbranched alkanes of at least 4 members (excludes halogenated alkanes) is 1. The quantitative estimate of drug-likeness (QED) is 0.775. The summed E-state index contributed by atoms with van der Waals surface area (Å²) in [5.74, 6) is -0.866. The van der Waals surface area contributed by atoms with Crippen molar-refractivity contribution in [1.29, 1.82) is 0 Å². The fourth-order valence-electron chi connectivity index (χ4n) is 2.31. The highest BCUT2D eigenvalue weighted by atomic mass is 19.1. The van der Waals surface area contributed by atoms with Crippen molar-refractivity contribution in [3.8, 4) is 0 Å². The Kier molecular flexibility index (Phi) is 3.54. The van der Waals surface area contributed by atoms with Crippen LogP contribution in [-0.2, 0) is 6.42 Å². The van der Waals surface area contributed by atoms with Gasteiger partial charge in [-0.3, -0.25) is 0 Å². The van der Waals surface area contributed by atoms with Crippen molar-refractivity contribution in [2.45, 2.75) is 38.6 Å². The van der Waals surface area contributed by atoms with E-state index in [1.807, 2.05) is 0 Å². The van der Waals surface area contributed by atoms with Crippen LogP contribution in [0.5, 0.6) is 0 Å². The van der Waals surface area contributed by atoms with Crippen molar-refractivity contribution in [3.63, 3.8) is 0 Å². The normalized spacial score (nSPS) is 18.8. The molecule has 1 aliphatic carbocycles. The molecule has 2 rings (SSSR count). The van der Waals surface area contributed by atoms with Crippen molar-refractivity contribution < 1.29 is 8.78 Å². The Hall–Kier alpha value is -0.960. The number of nitrogens with one attached hydrogen (secondary N) is 1. The Labute approximate surface area is 94.9 Å². The molecule has 0 aromatic heterocycles. The first kappa shape index (κ1) is 11.5. The maximum atomic E-state index is 13.4. The molecule has 1 unspecified atom stereocenters. The summed E-state index contributed by atoms with van der Waals surface area (Å²) in [6.45, 7) is 3.04. The average molecular weight is 225 g/mol. The van der Waals surface area contributed by atoms with Crippen LogP contribution in [0.4, 0.5) is 8.78 Å². The molecule has 1 nitrogen and oxygen atoms in total. The highest BCUT2D eigenvalue weighted by molar-refractivity contribution is 5.36. The number of fused-ring (bicyclic) bond motifs is 1. The van der Waals surface area contributed by atoms with Crippen LogP contribution in [0.15, 0.2) is 12.1 Å². The minimum Gasteiger partial charge on any atom is -0.310 e. The molecule has 1 aliphatic rings. The van der Waals surface area contributed by atoms with E-state index in [4.69, 9.17) is 0 Å². The van der Waals surface area contributed by atoms with Crippen LogP contribution in [0.3, 0.4) is 0 Å². The van der Waals surface area contributed by atoms with E-state index in [1.165, 1.54) is 6.07 Å². The van der Waals surface area contributed by atoms with E-state index < -0.39 is 11.6 Å². The van der Waals surface area contributed by atoms with Crippen LogP contribution in [0.25, 0.3) is 0 Å². The standard InChI is InChI=1S/C13H17F2N/c1-2-3-6-16-13-5-4-10-11(13)7-9(14)8-12(10)15/h7-8,13,16H,2-6H2,1H3. The maximum Gasteiger partial charge on any atom is 0.129 e. The predicted molar refractivity (Wildman–Crippen MR) is 60.3 cm³/mol. The van der Waals surface area contributed by atoms with Gasteiger partial charge in [0.2, 0.25) is 0 Å². The Bertz CT molecular complexity index is 376. The molecule has 1 N–H and O–H groups in total. The summed E-state index contributed by atoms with van der Waals surface area (Å²) in [6.07, 6.45) is 3.82. The van der Waals surface area contributed by atoms with Crippen LogP contribution in [0, 0.1) is 11.6 Å². The summed E-state index contributed by atoms with van der Waals surface area (Å²) in [4.78, 5) is 0. The molecule has 1 aromatic rings. The lowest BCUT2D eigenvalue weighted by Crippen LogP contribution is -2.20. The van der Waals surface area contributed by atoms with Crippen LogP contribution in [0.1, 0.15) is 43.4 Å². The van der Waals surface area contributed by atoms with Crippen molar-refractivity contribution in [2.24, 2.45) is 0 Å². The summed E-state index contributed by atoms with van der Waals surface area (Å²) in [6, 6.07) is 2.58. The Morgan fingerprint density at radius 2 is 2.19 bits per heavy atom. The lowest BCUT2D eigenvalue weighted by molar-refractivity contribution is 0.515. The van der Waals surface area contributed by atoms with Gasteiger partial charge in [0.1, 0.15) is 11.6 Å². The first-order valence-corrected chi connectivity index (χ1v) is 5.93. The minimum absolute atomic E-state index is 0.131. The lowest BCUT2D eigenvalue weighted by atomic mass is 10.1. The Morgan fingerprint density at radius 1 is 1.38 bits per heavy atom. The molecule has 0 spiro atoms. The van der Waals surface area contributed by atoms with Gasteiger partial charge in [-0.1, -0.05) is 13.3 Å². The number of hydrogen-bond acceptors (Lipinski definition) is 1. The molecule has 88 valence electrons. The van der Waals surface area contributed by atoms with Crippen molar-refractivity contribution >= 4 is 0 Å². The molecule has 0 radical (unpaired) electrons. The van der Waals surface area contributed by atoms with Gasteiger partial charge >= 0.3 is 0 Å². The SMILES string of the molecule is CCCCNC1CCc2c(F)cc(F)cc21. The third-order valence-electron chi connectivity index (χ3n) is 3.17. The first-order valence-electron chi connectivity index (χ1n) is 5.93. The molecule has 1 aromatic carbocycles. The lowest BCUT2D eigenvalue weighted by Gasteiger charge is -2.13.